The highest BCUT2D eigenvalue weighted by Crippen LogP contribution is 2.19. The highest BCUT2D eigenvalue weighted by molar-refractivity contribution is 9.10. The van der Waals surface area contributed by atoms with Crippen LogP contribution < -0.4 is 0 Å². The molecule has 0 saturated carbocycles. The van der Waals surface area contributed by atoms with Crippen LogP contribution in [0, 0.1) is 0 Å². The average Bonchev–Trinajstić information content (AvgIpc) is 2.36. The van der Waals surface area contributed by atoms with Crippen molar-refractivity contribution in [2.24, 2.45) is 0 Å². The van der Waals surface area contributed by atoms with Crippen LogP contribution in [0.25, 0.3) is 0 Å². The van der Waals surface area contributed by atoms with Crippen molar-refractivity contribution < 1.29 is 0 Å². The van der Waals surface area contributed by atoms with Gasteiger partial charge in [-0.1, -0.05) is 57.3 Å². The molecular formula is C14H13BrCl2N2. The molecule has 2 rings (SSSR count). The molecule has 0 aliphatic heterocycles. The number of rotatable bonds is 4. The number of aromatic nitrogens is 1. The number of benzene rings is 1. The van der Waals surface area contributed by atoms with Crippen molar-refractivity contribution in [3.63, 3.8) is 0 Å². The Hall–Kier alpha value is -0.610. The van der Waals surface area contributed by atoms with Gasteiger partial charge in [-0.3, -0.25) is 4.90 Å². The Morgan fingerprint density at radius 3 is 2.37 bits per heavy atom. The minimum Gasteiger partial charge on any atom is -0.298 e. The molecule has 0 saturated heterocycles. The van der Waals surface area contributed by atoms with Crippen molar-refractivity contribution in [1.29, 1.82) is 0 Å². The topological polar surface area (TPSA) is 16.1 Å². The van der Waals surface area contributed by atoms with Crippen LogP contribution in [0.3, 0.4) is 0 Å². The predicted octanol–water partition coefficient (Wildman–Crippen LogP) is 4.78. The molecule has 0 bridgehead atoms. The molecule has 1 aromatic heterocycles. The summed E-state index contributed by atoms with van der Waals surface area (Å²) in [7, 11) is 2.05. The number of hydrogen-bond acceptors (Lipinski definition) is 2. The first-order valence-electron chi connectivity index (χ1n) is 5.78. The summed E-state index contributed by atoms with van der Waals surface area (Å²) < 4.78 is 1.09. The third-order valence-corrected chi connectivity index (χ3v) is 3.76. The van der Waals surface area contributed by atoms with E-state index in [1.54, 1.807) is 6.07 Å². The molecule has 19 heavy (non-hydrogen) atoms. The van der Waals surface area contributed by atoms with Gasteiger partial charge in [-0.2, -0.15) is 0 Å². The monoisotopic (exact) mass is 358 g/mol. The van der Waals surface area contributed by atoms with Gasteiger partial charge in [0.15, 0.2) is 0 Å². The summed E-state index contributed by atoms with van der Waals surface area (Å²) in [6.07, 6.45) is 0. The molecule has 1 aromatic carbocycles. The third kappa shape index (κ3) is 4.46. The molecule has 0 radical (unpaired) electrons. The fraction of sp³-hybridized carbons (Fsp3) is 0.214. The Morgan fingerprint density at radius 1 is 1.05 bits per heavy atom. The van der Waals surface area contributed by atoms with Crippen LogP contribution in [0.2, 0.25) is 10.3 Å². The zero-order chi connectivity index (χ0) is 13.8. The van der Waals surface area contributed by atoms with E-state index >= 15 is 0 Å². The maximum absolute atomic E-state index is 6.07. The van der Waals surface area contributed by atoms with Gasteiger partial charge in [0, 0.05) is 23.1 Å². The van der Waals surface area contributed by atoms with Gasteiger partial charge in [0.1, 0.15) is 10.3 Å². The predicted molar refractivity (Wildman–Crippen MR) is 83.6 cm³/mol. The maximum atomic E-state index is 6.07. The second-order valence-corrected chi connectivity index (χ2v) is 6.04. The van der Waals surface area contributed by atoms with Crippen LogP contribution >= 0.6 is 39.1 Å². The van der Waals surface area contributed by atoms with Gasteiger partial charge in [0.25, 0.3) is 0 Å². The van der Waals surface area contributed by atoms with E-state index in [1.165, 1.54) is 5.56 Å². The second-order valence-electron chi connectivity index (χ2n) is 4.38. The van der Waals surface area contributed by atoms with Crippen LogP contribution in [-0.4, -0.2) is 16.9 Å². The first-order valence-corrected chi connectivity index (χ1v) is 7.33. The molecular weight excluding hydrogens is 347 g/mol. The molecule has 0 fully saturated rings. The third-order valence-electron chi connectivity index (χ3n) is 2.70. The Kier molecular flexibility index (Phi) is 5.22. The molecule has 100 valence electrons. The summed E-state index contributed by atoms with van der Waals surface area (Å²) in [5.41, 5.74) is 2.23. The molecule has 0 aliphatic carbocycles. The first-order chi connectivity index (χ1) is 9.04. The Balaban J connectivity index is 2.01. The zero-order valence-electron chi connectivity index (χ0n) is 10.4. The van der Waals surface area contributed by atoms with Crippen molar-refractivity contribution in [3.05, 3.63) is 62.3 Å². The molecule has 2 nitrogen and oxygen atoms in total. The minimum absolute atomic E-state index is 0.421. The van der Waals surface area contributed by atoms with E-state index in [0.717, 1.165) is 23.1 Å². The summed E-state index contributed by atoms with van der Waals surface area (Å²) in [5.74, 6) is 0. The van der Waals surface area contributed by atoms with Crippen molar-refractivity contribution in [3.8, 4) is 0 Å². The van der Waals surface area contributed by atoms with Gasteiger partial charge in [0.05, 0.1) is 0 Å². The Bertz CT molecular complexity index is 558. The normalized spacial score (nSPS) is 11.0. The number of pyridine rings is 1. The SMILES string of the molecule is CN(Cc1ccc(Br)cc1)Cc1ccc(Cl)nc1Cl. The van der Waals surface area contributed by atoms with Gasteiger partial charge < -0.3 is 0 Å². The zero-order valence-corrected chi connectivity index (χ0v) is 13.5. The molecule has 0 aliphatic rings. The summed E-state index contributed by atoms with van der Waals surface area (Å²) >= 11 is 15.3. The summed E-state index contributed by atoms with van der Waals surface area (Å²) in [6.45, 7) is 1.59. The van der Waals surface area contributed by atoms with E-state index in [2.05, 4.69) is 37.9 Å². The van der Waals surface area contributed by atoms with Crippen molar-refractivity contribution in [2.75, 3.05) is 7.05 Å². The van der Waals surface area contributed by atoms with E-state index in [1.807, 2.05) is 25.2 Å². The molecule has 0 N–H and O–H groups in total. The molecule has 0 unspecified atom stereocenters. The van der Waals surface area contributed by atoms with Gasteiger partial charge in [-0.25, -0.2) is 4.98 Å². The van der Waals surface area contributed by atoms with Gasteiger partial charge in [-0.15, -0.1) is 0 Å². The van der Waals surface area contributed by atoms with Crippen LogP contribution in [0.1, 0.15) is 11.1 Å². The summed E-state index contributed by atoms with van der Waals surface area (Å²) in [4.78, 5) is 6.22. The smallest absolute Gasteiger partial charge is 0.135 e. The van der Waals surface area contributed by atoms with E-state index in [-0.39, 0.29) is 0 Å². The standard InChI is InChI=1S/C14H13BrCl2N2/c1-19(8-10-2-5-12(15)6-3-10)9-11-4-7-13(16)18-14(11)17/h2-7H,8-9H2,1H3. The fourth-order valence-electron chi connectivity index (χ4n) is 1.81. The van der Waals surface area contributed by atoms with E-state index in [9.17, 15) is 0 Å². The van der Waals surface area contributed by atoms with Gasteiger partial charge in [0.2, 0.25) is 0 Å². The number of halogens is 3. The average molecular weight is 360 g/mol. The van der Waals surface area contributed by atoms with Crippen LogP contribution in [0.4, 0.5) is 0 Å². The van der Waals surface area contributed by atoms with Crippen LogP contribution in [-0.2, 0) is 13.1 Å². The summed E-state index contributed by atoms with van der Waals surface area (Å²) in [5, 5.41) is 0.888. The molecule has 5 heteroatoms. The Labute approximate surface area is 131 Å². The van der Waals surface area contributed by atoms with Crippen molar-refractivity contribution in [1.82, 2.24) is 9.88 Å². The highest BCUT2D eigenvalue weighted by atomic mass is 79.9. The van der Waals surface area contributed by atoms with Crippen LogP contribution in [0.15, 0.2) is 40.9 Å². The lowest BCUT2D eigenvalue weighted by atomic mass is 10.2. The largest absolute Gasteiger partial charge is 0.298 e. The first kappa shape index (κ1) is 14.8. The van der Waals surface area contributed by atoms with Crippen molar-refractivity contribution >= 4 is 39.1 Å². The molecule has 2 aromatic rings. The molecule has 0 atom stereocenters. The molecule has 1 heterocycles. The summed E-state index contributed by atoms with van der Waals surface area (Å²) in [6, 6.07) is 12.0. The molecule has 0 spiro atoms. The maximum Gasteiger partial charge on any atom is 0.135 e. The number of hydrogen-bond donors (Lipinski definition) is 0. The quantitative estimate of drug-likeness (QED) is 0.730. The van der Waals surface area contributed by atoms with Gasteiger partial charge in [-0.05, 0) is 30.8 Å². The lowest BCUT2D eigenvalue weighted by Crippen LogP contribution is -2.17. The fourth-order valence-corrected chi connectivity index (χ4v) is 2.48. The molecule has 0 amide bonds. The number of nitrogens with zero attached hydrogens (tertiary/aromatic N) is 2. The lowest BCUT2D eigenvalue weighted by molar-refractivity contribution is 0.319. The lowest BCUT2D eigenvalue weighted by Gasteiger charge is -2.17. The van der Waals surface area contributed by atoms with Gasteiger partial charge >= 0.3 is 0 Å². The minimum atomic E-state index is 0.421. The van der Waals surface area contributed by atoms with E-state index in [4.69, 9.17) is 23.2 Å². The second kappa shape index (κ2) is 6.71. The van der Waals surface area contributed by atoms with Crippen LogP contribution in [0.5, 0.6) is 0 Å². The Morgan fingerprint density at radius 2 is 1.74 bits per heavy atom. The van der Waals surface area contributed by atoms with Crippen molar-refractivity contribution in [2.45, 2.75) is 13.1 Å². The highest BCUT2D eigenvalue weighted by Gasteiger charge is 2.07. The van der Waals surface area contributed by atoms with E-state index in [0.29, 0.717) is 10.3 Å². The van der Waals surface area contributed by atoms with E-state index < -0.39 is 0 Å².